The Labute approximate surface area is 155 Å². The summed E-state index contributed by atoms with van der Waals surface area (Å²) in [7, 11) is 1.63. The van der Waals surface area contributed by atoms with Gasteiger partial charge in [-0.05, 0) is 48.2 Å². The molecule has 1 heterocycles. The fraction of sp³-hybridized carbons (Fsp3) is 0.250. The molecule has 5 heteroatoms. The van der Waals surface area contributed by atoms with Crippen LogP contribution in [0.15, 0.2) is 46.2 Å². The number of carbonyl (C=O) groups is 1. The maximum absolute atomic E-state index is 11.7. The minimum atomic E-state index is -0.890. The second kappa shape index (κ2) is 7.10. The van der Waals surface area contributed by atoms with E-state index in [4.69, 9.17) is 4.74 Å². The highest BCUT2D eigenvalue weighted by Crippen LogP contribution is 2.43. The van der Waals surface area contributed by atoms with Gasteiger partial charge in [-0.25, -0.2) is 4.79 Å². The summed E-state index contributed by atoms with van der Waals surface area (Å²) in [6, 6.07) is 12.3. The van der Waals surface area contributed by atoms with Gasteiger partial charge < -0.3 is 9.84 Å². The molecule has 3 rings (SSSR count). The predicted molar refractivity (Wildman–Crippen MR) is 105 cm³/mol. The van der Waals surface area contributed by atoms with Crippen molar-refractivity contribution in [1.29, 1.82) is 0 Å². The Morgan fingerprint density at radius 2 is 1.88 bits per heavy atom. The average molecular weight is 373 g/mol. The fourth-order valence-electron chi connectivity index (χ4n) is 2.71. The topological polar surface area (TPSA) is 46.5 Å². The molecular formula is C20H20O3S2. The maximum atomic E-state index is 11.7. The zero-order valence-corrected chi connectivity index (χ0v) is 16.3. The van der Waals surface area contributed by atoms with Crippen molar-refractivity contribution in [3.8, 4) is 5.75 Å². The van der Waals surface area contributed by atoms with Gasteiger partial charge in [-0.1, -0.05) is 37.7 Å². The van der Waals surface area contributed by atoms with Gasteiger partial charge >= 0.3 is 5.97 Å². The van der Waals surface area contributed by atoms with Crippen molar-refractivity contribution in [1.82, 2.24) is 0 Å². The summed E-state index contributed by atoms with van der Waals surface area (Å²) >= 11 is 2.81. The van der Waals surface area contributed by atoms with Gasteiger partial charge in [0.25, 0.3) is 0 Å². The summed E-state index contributed by atoms with van der Waals surface area (Å²) in [6.45, 7) is 6.29. The summed E-state index contributed by atoms with van der Waals surface area (Å²) in [5.41, 5.74) is 2.28. The number of hydrogen-bond acceptors (Lipinski definition) is 4. The van der Waals surface area contributed by atoms with Crippen molar-refractivity contribution in [2.75, 3.05) is 7.11 Å². The van der Waals surface area contributed by atoms with Gasteiger partial charge in [0.2, 0.25) is 0 Å². The lowest BCUT2D eigenvalue weighted by Crippen LogP contribution is -1.94. The molecule has 0 atom stereocenters. The van der Waals surface area contributed by atoms with E-state index in [1.165, 1.54) is 28.7 Å². The molecule has 0 amide bonds. The number of fused-ring (bicyclic) bond motifs is 1. The maximum Gasteiger partial charge on any atom is 0.347 e. The minimum absolute atomic E-state index is 0.376. The van der Waals surface area contributed by atoms with Crippen LogP contribution in [0.3, 0.4) is 0 Å². The molecule has 0 aliphatic rings. The van der Waals surface area contributed by atoms with Crippen LogP contribution < -0.4 is 4.74 Å². The molecular weight excluding hydrogens is 352 g/mol. The number of thiophene rings is 1. The predicted octanol–water partition coefficient (Wildman–Crippen LogP) is 6.19. The molecule has 0 saturated heterocycles. The summed E-state index contributed by atoms with van der Waals surface area (Å²) in [4.78, 5) is 13.9. The first kappa shape index (κ1) is 17.8. The van der Waals surface area contributed by atoms with Crippen LogP contribution in [0.5, 0.6) is 5.75 Å². The number of carboxylic acid groups (broad SMARTS) is 1. The summed E-state index contributed by atoms with van der Waals surface area (Å²) in [5, 5.41) is 10.6. The number of methoxy groups -OCH3 is 1. The van der Waals surface area contributed by atoms with E-state index in [-0.39, 0.29) is 0 Å². The van der Waals surface area contributed by atoms with E-state index >= 15 is 0 Å². The van der Waals surface area contributed by atoms with Gasteiger partial charge in [0.1, 0.15) is 10.6 Å². The van der Waals surface area contributed by atoms with Gasteiger partial charge in [0.15, 0.2) is 0 Å². The van der Waals surface area contributed by atoms with E-state index in [0.29, 0.717) is 10.8 Å². The standard InChI is InChI=1S/C20H20O3S2/c1-11(2)13-5-7-14(8-6-13)24-18-15-9-12(3)16(23-4)10-17(15)25-19(18)20(21)22/h5-11H,1-4H3,(H,21,22). The first-order valence-corrected chi connectivity index (χ1v) is 9.66. The van der Waals surface area contributed by atoms with E-state index in [9.17, 15) is 9.90 Å². The normalized spacial score (nSPS) is 11.2. The number of hydrogen-bond donors (Lipinski definition) is 1. The molecule has 0 spiro atoms. The van der Waals surface area contributed by atoms with E-state index < -0.39 is 5.97 Å². The third kappa shape index (κ3) is 3.53. The molecule has 0 aliphatic heterocycles. The largest absolute Gasteiger partial charge is 0.496 e. The van der Waals surface area contributed by atoms with Crippen molar-refractivity contribution in [2.24, 2.45) is 0 Å². The summed E-state index contributed by atoms with van der Waals surface area (Å²) in [5.74, 6) is 0.369. The van der Waals surface area contributed by atoms with Crippen LogP contribution in [0, 0.1) is 6.92 Å². The number of ether oxygens (including phenoxy) is 1. The van der Waals surface area contributed by atoms with Crippen molar-refractivity contribution >= 4 is 39.2 Å². The number of carboxylic acids is 1. The van der Waals surface area contributed by atoms with Crippen molar-refractivity contribution in [3.63, 3.8) is 0 Å². The molecule has 0 radical (unpaired) electrons. The second-order valence-corrected chi connectivity index (χ2v) is 8.35. The molecule has 2 aromatic carbocycles. The van der Waals surface area contributed by atoms with Crippen LogP contribution in [0.4, 0.5) is 0 Å². The SMILES string of the molecule is COc1cc2sc(C(=O)O)c(Sc3ccc(C(C)C)cc3)c2cc1C. The smallest absolute Gasteiger partial charge is 0.347 e. The Balaban J connectivity index is 2.08. The molecule has 1 aromatic heterocycles. The number of aryl methyl sites for hydroxylation is 1. The van der Waals surface area contributed by atoms with Crippen LogP contribution in [0.25, 0.3) is 10.1 Å². The van der Waals surface area contributed by atoms with Crippen LogP contribution in [-0.2, 0) is 0 Å². The highest BCUT2D eigenvalue weighted by Gasteiger charge is 2.20. The van der Waals surface area contributed by atoms with Crippen LogP contribution >= 0.6 is 23.1 Å². The highest BCUT2D eigenvalue weighted by molar-refractivity contribution is 7.99. The van der Waals surface area contributed by atoms with Crippen molar-refractivity contribution < 1.29 is 14.6 Å². The number of benzene rings is 2. The molecule has 0 unspecified atom stereocenters. The quantitative estimate of drug-likeness (QED) is 0.580. The minimum Gasteiger partial charge on any atom is -0.496 e. The zero-order chi connectivity index (χ0) is 18.1. The number of rotatable bonds is 5. The van der Waals surface area contributed by atoms with E-state index in [0.717, 1.165) is 31.2 Å². The van der Waals surface area contributed by atoms with Gasteiger partial charge in [0.05, 0.1) is 7.11 Å². The Hall–Kier alpha value is -1.98. The van der Waals surface area contributed by atoms with Crippen LogP contribution in [-0.4, -0.2) is 18.2 Å². The molecule has 25 heavy (non-hydrogen) atoms. The lowest BCUT2D eigenvalue weighted by molar-refractivity contribution is 0.0699. The Kier molecular flexibility index (Phi) is 5.06. The van der Waals surface area contributed by atoms with Crippen LogP contribution in [0.2, 0.25) is 0 Å². The lowest BCUT2D eigenvalue weighted by atomic mass is 10.0. The van der Waals surface area contributed by atoms with Gasteiger partial charge in [-0.3, -0.25) is 0 Å². The first-order valence-electron chi connectivity index (χ1n) is 8.03. The fourth-order valence-corrected chi connectivity index (χ4v) is 4.94. The second-order valence-electron chi connectivity index (χ2n) is 6.21. The average Bonchev–Trinajstić information content (AvgIpc) is 2.92. The van der Waals surface area contributed by atoms with Crippen molar-refractivity contribution in [3.05, 3.63) is 52.4 Å². The van der Waals surface area contributed by atoms with E-state index in [2.05, 4.69) is 38.1 Å². The van der Waals surface area contributed by atoms with Crippen molar-refractivity contribution in [2.45, 2.75) is 36.5 Å². The Morgan fingerprint density at radius 3 is 2.44 bits per heavy atom. The summed E-state index contributed by atoms with van der Waals surface area (Å²) in [6.07, 6.45) is 0. The molecule has 0 saturated carbocycles. The lowest BCUT2D eigenvalue weighted by Gasteiger charge is -2.08. The molecule has 1 N–H and O–H groups in total. The van der Waals surface area contributed by atoms with Gasteiger partial charge in [-0.15, -0.1) is 11.3 Å². The molecule has 3 nitrogen and oxygen atoms in total. The van der Waals surface area contributed by atoms with Gasteiger partial charge in [-0.2, -0.15) is 0 Å². The third-order valence-electron chi connectivity index (χ3n) is 4.12. The van der Waals surface area contributed by atoms with E-state index in [1.807, 2.05) is 19.1 Å². The molecule has 0 fully saturated rings. The first-order chi connectivity index (χ1) is 11.9. The third-order valence-corrected chi connectivity index (χ3v) is 6.53. The monoisotopic (exact) mass is 372 g/mol. The van der Waals surface area contributed by atoms with E-state index in [1.54, 1.807) is 7.11 Å². The Bertz CT molecular complexity index is 924. The van der Waals surface area contributed by atoms with Gasteiger partial charge in [0, 0.05) is 19.9 Å². The molecule has 130 valence electrons. The van der Waals surface area contributed by atoms with Crippen LogP contribution in [0.1, 0.15) is 40.6 Å². The number of aromatic carboxylic acids is 1. The molecule has 0 bridgehead atoms. The zero-order valence-electron chi connectivity index (χ0n) is 14.6. The summed E-state index contributed by atoms with van der Waals surface area (Å²) < 4.78 is 6.30. The molecule has 0 aliphatic carbocycles. The highest BCUT2D eigenvalue weighted by atomic mass is 32.2. The molecule has 3 aromatic rings. The Morgan fingerprint density at radius 1 is 1.20 bits per heavy atom.